The molecular weight excluding hydrogens is 236 g/mol. The number of hydrogen-bond acceptors (Lipinski definition) is 4. The summed E-state index contributed by atoms with van der Waals surface area (Å²) in [7, 11) is 13.0. The van der Waals surface area contributed by atoms with Crippen LogP contribution in [-0.2, 0) is 0 Å². The highest BCUT2D eigenvalue weighted by atomic mass is 15.2. The molecule has 116 valence electrons. The highest BCUT2D eigenvalue weighted by Crippen LogP contribution is 1.99. The summed E-state index contributed by atoms with van der Waals surface area (Å²) in [5, 5.41) is 0. The number of rotatable bonds is 12. The van der Waals surface area contributed by atoms with Gasteiger partial charge in [0.25, 0.3) is 0 Å². The van der Waals surface area contributed by atoms with Crippen LogP contribution in [0.25, 0.3) is 0 Å². The Morgan fingerprint density at radius 2 is 0.789 bits per heavy atom. The average molecular weight is 272 g/mol. The van der Waals surface area contributed by atoms with Crippen molar-refractivity contribution in [3.05, 3.63) is 0 Å². The molecule has 0 amide bonds. The smallest absolute Gasteiger partial charge is 0.0106 e. The van der Waals surface area contributed by atoms with Gasteiger partial charge in [0.1, 0.15) is 0 Å². The molecule has 0 aliphatic heterocycles. The van der Waals surface area contributed by atoms with Gasteiger partial charge < -0.3 is 19.6 Å². The molecule has 0 saturated heterocycles. The first-order valence-corrected chi connectivity index (χ1v) is 7.58. The fraction of sp³-hybridized carbons (Fsp3) is 1.00. The van der Waals surface area contributed by atoms with Crippen LogP contribution in [0.3, 0.4) is 0 Å². The van der Waals surface area contributed by atoms with Crippen molar-refractivity contribution in [1.29, 1.82) is 0 Å². The van der Waals surface area contributed by atoms with Gasteiger partial charge in [0.05, 0.1) is 0 Å². The van der Waals surface area contributed by atoms with E-state index in [2.05, 4.69) is 61.9 Å². The molecule has 0 bridgehead atoms. The van der Waals surface area contributed by atoms with Gasteiger partial charge in [-0.25, -0.2) is 0 Å². The van der Waals surface area contributed by atoms with Gasteiger partial charge in [-0.3, -0.25) is 0 Å². The normalized spacial score (nSPS) is 12.3. The summed E-state index contributed by atoms with van der Waals surface area (Å²) in [5.74, 6) is 0. The lowest BCUT2D eigenvalue weighted by Gasteiger charge is -2.20. The monoisotopic (exact) mass is 272 g/mol. The van der Waals surface area contributed by atoms with Crippen molar-refractivity contribution in [2.24, 2.45) is 0 Å². The summed E-state index contributed by atoms with van der Waals surface area (Å²) in [4.78, 5) is 9.37. The fourth-order valence-corrected chi connectivity index (χ4v) is 1.91. The Labute approximate surface area is 121 Å². The second-order valence-corrected chi connectivity index (χ2v) is 6.27. The molecule has 4 nitrogen and oxygen atoms in total. The predicted octanol–water partition coefficient (Wildman–Crippen LogP) is 1.14. The second kappa shape index (κ2) is 11.6. The minimum atomic E-state index is 1.16. The molecule has 0 saturated carbocycles. The molecule has 0 aliphatic rings. The molecule has 4 heteroatoms. The lowest BCUT2D eigenvalue weighted by atomic mass is 10.2. The van der Waals surface area contributed by atoms with E-state index in [0.717, 1.165) is 13.1 Å². The van der Waals surface area contributed by atoms with Crippen LogP contribution in [0.15, 0.2) is 0 Å². The quantitative estimate of drug-likeness (QED) is 0.494. The third-order valence-corrected chi connectivity index (χ3v) is 3.44. The standard InChI is InChI=1S/C15H36N4/c1-16(2)12-14-18(5)10-8-7-9-11-19(6)15-13-17(3)4/h7-15H2,1-6H3. The minimum Gasteiger partial charge on any atom is -0.308 e. The first-order chi connectivity index (χ1) is 8.91. The summed E-state index contributed by atoms with van der Waals surface area (Å²) in [5.41, 5.74) is 0. The summed E-state index contributed by atoms with van der Waals surface area (Å²) >= 11 is 0. The molecule has 0 radical (unpaired) electrons. The lowest BCUT2D eigenvalue weighted by Crippen LogP contribution is -2.30. The Morgan fingerprint density at radius 3 is 1.11 bits per heavy atom. The van der Waals surface area contributed by atoms with Gasteiger partial charge in [-0.2, -0.15) is 0 Å². The van der Waals surface area contributed by atoms with E-state index in [1.807, 2.05) is 0 Å². The average Bonchev–Trinajstić information content (AvgIpc) is 2.33. The Kier molecular flexibility index (Phi) is 11.6. The molecular formula is C15H36N4. The maximum atomic E-state index is 2.44. The van der Waals surface area contributed by atoms with Gasteiger partial charge >= 0.3 is 0 Å². The van der Waals surface area contributed by atoms with Crippen molar-refractivity contribution < 1.29 is 0 Å². The molecule has 0 aliphatic carbocycles. The van der Waals surface area contributed by atoms with Crippen molar-refractivity contribution in [2.75, 3.05) is 81.6 Å². The third kappa shape index (κ3) is 14.1. The third-order valence-electron chi connectivity index (χ3n) is 3.44. The van der Waals surface area contributed by atoms with Crippen molar-refractivity contribution in [3.8, 4) is 0 Å². The summed E-state index contributed by atoms with van der Waals surface area (Å²) in [6, 6.07) is 0. The van der Waals surface area contributed by atoms with E-state index in [0.29, 0.717) is 0 Å². The van der Waals surface area contributed by atoms with Crippen LogP contribution in [0.5, 0.6) is 0 Å². The molecule has 0 unspecified atom stereocenters. The SMILES string of the molecule is CN(C)CCN(C)CCCCCN(C)CCN(C)C. The minimum absolute atomic E-state index is 1.16. The summed E-state index contributed by atoms with van der Waals surface area (Å²) in [6.45, 7) is 7.13. The van der Waals surface area contributed by atoms with Crippen LogP contribution in [-0.4, -0.2) is 101 Å². The van der Waals surface area contributed by atoms with Crippen LogP contribution >= 0.6 is 0 Å². The van der Waals surface area contributed by atoms with E-state index in [1.165, 1.54) is 45.4 Å². The van der Waals surface area contributed by atoms with Gasteiger partial charge in [-0.05, 0) is 68.2 Å². The van der Waals surface area contributed by atoms with Crippen LogP contribution in [0.1, 0.15) is 19.3 Å². The molecule has 0 fully saturated rings. The van der Waals surface area contributed by atoms with E-state index in [-0.39, 0.29) is 0 Å². The molecule has 0 N–H and O–H groups in total. The highest BCUT2D eigenvalue weighted by Gasteiger charge is 2.01. The molecule has 0 spiro atoms. The van der Waals surface area contributed by atoms with E-state index < -0.39 is 0 Å². The Morgan fingerprint density at radius 1 is 0.421 bits per heavy atom. The zero-order valence-electron chi connectivity index (χ0n) is 14.2. The van der Waals surface area contributed by atoms with Crippen LogP contribution < -0.4 is 0 Å². The fourth-order valence-electron chi connectivity index (χ4n) is 1.91. The van der Waals surface area contributed by atoms with Gasteiger partial charge in [-0.1, -0.05) is 6.42 Å². The van der Waals surface area contributed by atoms with Crippen molar-refractivity contribution in [2.45, 2.75) is 19.3 Å². The van der Waals surface area contributed by atoms with E-state index in [9.17, 15) is 0 Å². The van der Waals surface area contributed by atoms with E-state index >= 15 is 0 Å². The van der Waals surface area contributed by atoms with Crippen LogP contribution in [0, 0.1) is 0 Å². The van der Waals surface area contributed by atoms with E-state index in [1.54, 1.807) is 0 Å². The summed E-state index contributed by atoms with van der Waals surface area (Å²) < 4.78 is 0. The van der Waals surface area contributed by atoms with Gasteiger partial charge in [0.2, 0.25) is 0 Å². The van der Waals surface area contributed by atoms with Crippen LogP contribution in [0.2, 0.25) is 0 Å². The van der Waals surface area contributed by atoms with Gasteiger partial charge in [0, 0.05) is 26.2 Å². The van der Waals surface area contributed by atoms with Crippen molar-refractivity contribution in [1.82, 2.24) is 19.6 Å². The zero-order chi connectivity index (χ0) is 14.7. The first kappa shape index (κ1) is 18.8. The van der Waals surface area contributed by atoms with Gasteiger partial charge in [-0.15, -0.1) is 0 Å². The lowest BCUT2D eigenvalue weighted by molar-refractivity contribution is 0.263. The number of likely N-dealkylation sites (N-methyl/N-ethyl adjacent to an activating group) is 4. The molecule has 19 heavy (non-hydrogen) atoms. The number of nitrogens with zero attached hydrogens (tertiary/aromatic N) is 4. The van der Waals surface area contributed by atoms with Crippen LogP contribution in [0.4, 0.5) is 0 Å². The molecule has 0 heterocycles. The molecule has 0 aromatic heterocycles. The highest BCUT2D eigenvalue weighted by molar-refractivity contribution is 4.57. The summed E-state index contributed by atoms with van der Waals surface area (Å²) in [6.07, 6.45) is 4.00. The Hall–Kier alpha value is -0.160. The topological polar surface area (TPSA) is 13.0 Å². The second-order valence-electron chi connectivity index (χ2n) is 6.27. The molecule has 0 aromatic rings. The number of unbranched alkanes of at least 4 members (excludes halogenated alkanes) is 2. The van der Waals surface area contributed by atoms with Crippen molar-refractivity contribution in [3.63, 3.8) is 0 Å². The first-order valence-electron chi connectivity index (χ1n) is 7.58. The van der Waals surface area contributed by atoms with E-state index in [4.69, 9.17) is 0 Å². The van der Waals surface area contributed by atoms with Gasteiger partial charge in [0.15, 0.2) is 0 Å². The zero-order valence-corrected chi connectivity index (χ0v) is 14.2. The Balaban J connectivity index is 3.34. The maximum absolute atomic E-state index is 2.44. The number of hydrogen-bond donors (Lipinski definition) is 0. The molecule has 0 aromatic carbocycles. The predicted molar refractivity (Wildman–Crippen MR) is 86.0 cm³/mol. The largest absolute Gasteiger partial charge is 0.308 e. The van der Waals surface area contributed by atoms with Crippen molar-refractivity contribution >= 4 is 0 Å². The Bertz CT molecular complexity index is 175. The molecule has 0 rings (SSSR count). The molecule has 0 atom stereocenters. The maximum Gasteiger partial charge on any atom is 0.0106 e.